The van der Waals surface area contributed by atoms with E-state index >= 15 is 0 Å². The molecule has 0 radical (unpaired) electrons. The van der Waals surface area contributed by atoms with Gasteiger partial charge in [-0.2, -0.15) is 0 Å². The van der Waals surface area contributed by atoms with Gasteiger partial charge in [0.2, 0.25) is 0 Å². The van der Waals surface area contributed by atoms with E-state index in [-0.39, 0.29) is 5.91 Å². The Balaban J connectivity index is 1.34. The van der Waals surface area contributed by atoms with E-state index in [4.69, 9.17) is 26.4 Å². The summed E-state index contributed by atoms with van der Waals surface area (Å²) in [6.07, 6.45) is 10.1. The summed E-state index contributed by atoms with van der Waals surface area (Å²) in [5.74, 6) is 2.70. The minimum absolute atomic E-state index is 0.108. The fraction of sp³-hybridized carbons (Fsp3) is 0.357. The fourth-order valence-corrected chi connectivity index (χ4v) is 6.53. The molecule has 1 aliphatic carbocycles. The molecule has 2 aromatic carbocycles. The molecule has 2 fully saturated rings. The largest absolute Gasteiger partial charge is 0.493 e. The van der Waals surface area contributed by atoms with Gasteiger partial charge in [-0.3, -0.25) is 9.69 Å². The summed E-state index contributed by atoms with van der Waals surface area (Å²) >= 11 is 8.84. The average molecular weight is 636 g/mol. The molecule has 8 heteroatoms. The third-order valence-electron chi connectivity index (χ3n) is 6.29. The van der Waals surface area contributed by atoms with Crippen LogP contribution < -0.4 is 14.2 Å². The Bertz CT molecular complexity index is 1140. The standard InChI is InChI=1S/C28H30INO4S2/c1-3-13-30-27(31)25(36-28(30)35)18-19-16-23(29)26(24(17-19)32-2)34-15-14-33-22-11-9-21(10-12-22)20-7-5-4-6-8-20/h3,9-12,16-18,20H,1,4-8,13-15H2,2H3/b25-18-. The van der Waals surface area contributed by atoms with E-state index in [9.17, 15) is 4.79 Å². The molecule has 0 unspecified atom stereocenters. The molecule has 36 heavy (non-hydrogen) atoms. The average Bonchev–Trinajstić information content (AvgIpc) is 3.15. The van der Waals surface area contributed by atoms with Crippen molar-refractivity contribution in [1.29, 1.82) is 0 Å². The van der Waals surface area contributed by atoms with Crippen molar-refractivity contribution in [2.75, 3.05) is 26.9 Å². The summed E-state index contributed by atoms with van der Waals surface area (Å²) < 4.78 is 18.9. The molecular formula is C28H30INO4S2. The van der Waals surface area contributed by atoms with E-state index in [1.807, 2.05) is 18.2 Å². The SMILES string of the molecule is C=CCN1C(=O)/C(=C/c2cc(I)c(OCCOc3ccc(C4CCCCC4)cc3)c(OC)c2)SC1=S. The van der Waals surface area contributed by atoms with Crippen LogP contribution in [0.3, 0.4) is 0 Å². The van der Waals surface area contributed by atoms with Crippen molar-refractivity contribution in [3.05, 3.63) is 68.7 Å². The highest BCUT2D eigenvalue weighted by atomic mass is 127. The number of hydrogen-bond donors (Lipinski definition) is 0. The number of ether oxygens (including phenoxy) is 3. The maximum atomic E-state index is 12.6. The summed E-state index contributed by atoms with van der Waals surface area (Å²) in [5, 5.41) is 0. The molecule has 190 valence electrons. The molecule has 1 amide bonds. The molecule has 0 bridgehead atoms. The third kappa shape index (κ3) is 6.63. The zero-order chi connectivity index (χ0) is 25.5. The number of nitrogens with zero attached hydrogens (tertiary/aromatic N) is 1. The zero-order valence-corrected chi connectivity index (χ0v) is 24.1. The first-order valence-corrected chi connectivity index (χ1v) is 14.4. The molecule has 2 aliphatic rings. The van der Waals surface area contributed by atoms with Crippen LogP contribution >= 0.6 is 46.6 Å². The van der Waals surface area contributed by atoms with Gasteiger partial charge < -0.3 is 14.2 Å². The van der Waals surface area contributed by atoms with Crippen molar-refractivity contribution >= 4 is 62.9 Å². The number of benzene rings is 2. The summed E-state index contributed by atoms with van der Waals surface area (Å²) in [5.41, 5.74) is 2.26. The molecule has 1 saturated carbocycles. The van der Waals surface area contributed by atoms with Crippen molar-refractivity contribution in [3.63, 3.8) is 0 Å². The Labute approximate surface area is 236 Å². The topological polar surface area (TPSA) is 48.0 Å². The quantitative estimate of drug-likeness (QED) is 0.0906. The van der Waals surface area contributed by atoms with E-state index in [1.165, 1.54) is 49.4 Å². The smallest absolute Gasteiger partial charge is 0.266 e. The van der Waals surface area contributed by atoms with E-state index in [1.54, 1.807) is 18.1 Å². The summed E-state index contributed by atoms with van der Waals surface area (Å²) in [6, 6.07) is 12.3. The number of carbonyl (C=O) groups is 1. The maximum Gasteiger partial charge on any atom is 0.266 e. The second-order valence-electron chi connectivity index (χ2n) is 8.72. The van der Waals surface area contributed by atoms with Gasteiger partial charge in [-0.1, -0.05) is 61.5 Å². The number of thioether (sulfide) groups is 1. The van der Waals surface area contributed by atoms with Crippen LogP contribution in [0.2, 0.25) is 0 Å². The van der Waals surface area contributed by atoms with Crippen LogP contribution in [0.1, 0.15) is 49.1 Å². The van der Waals surface area contributed by atoms with E-state index in [0.29, 0.717) is 46.4 Å². The second-order valence-corrected chi connectivity index (χ2v) is 11.6. The molecule has 0 atom stereocenters. The van der Waals surface area contributed by atoms with Crippen LogP contribution in [-0.2, 0) is 4.79 Å². The number of halogens is 1. The van der Waals surface area contributed by atoms with Gasteiger partial charge in [0, 0.05) is 6.54 Å². The van der Waals surface area contributed by atoms with Crippen molar-refractivity contribution in [2.45, 2.75) is 38.0 Å². The fourth-order valence-electron chi connectivity index (χ4n) is 4.48. The van der Waals surface area contributed by atoms with Crippen LogP contribution in [0.5, 0.6) is 17.2 Å². The molecule has 0 N–H and O–H groups in total. The summed E-state index contributed by atoms with van der Waals surface area (Å²) in [7, 11) is 1.61. The first-order valence-electron chi connectivity index (χ1n) is 12.1. The number of thiocarbonyl (C=S) groups is 1. The predicted octanol–water partition coefficient (Wildman–Crippen LogP) is 7.19. The molecule has 1 aliphatic heterocycles. The predicted molar refractivity (Wildman–Crippen MR) is 159 cm³/mol. The highest BCUT2D eigenvalue weighted by Gasteiger charge is 2.31. The minimum atomic E-state index is -0.108. The first-order chi connectivity index (χ1) is 17.5. The second kappa shape index (κ2) is 13.0. The number of carbonyl (C=O) groups excluding carboxylic acids is 1. The van der Waals surface area contributed by atoms with Gasteiger partial charge in [0.25, 0.3) is 5.91 Å². The summed E-state index contributed by atoms with van der Waals surface area (Å²) in [6.45, 7) is 4.91. The number of hydrogen-bond acceptors (Lipinski definition) is 6. The Morgan fingerprint density at radius 1 is 1.14 bits per heavy atom. The Kier molecular flexibility index (Phi) is 9.73. The van der Waals surface area contributed by atoms with E-state index in [0.717, 1.165) is 14.9 Å². The number of amides is 1. The molecule has 5 nitrogen and oxygen atoms in total. The van der Waals surface area contributed by atoms with Crippen molar-refractivity contribution < 1.29 is 19.0 Å². The number of rotatable bonds is 10. The summed E-state index contributed by atoms with van der Waals surface area (Å²) in [4.78, 5) is 14.8. The first kappa shape index (κ1) is 27.0. The van der Waals surface area contributed by atoms with E-state index < -0.39 is 0 Å². The van der Waals surface area contributed by atoms with Gasteiger partial charge in [0.1, 0.15) is 23.3 Å². The zero-order valence-electron chi connectivity index (χ0n) is 20.3. The molecule has 0 aromatic heterocycles. The lowest BCUT2D eigenvalue weighted by Gasteiger charge is -2.22. The van der Waals surface area contributed by atoms with Gasteiger partial charge in [-0.05, 0) is 82.8 Å². The Morgan fingerprint density at radius 3 is 2.56 bits per heavy atom. The van der Waals surface area contributed by atoms with Crippen LogP contribution in [0.25, 0.3) is 6.08 Å². The maximum absolute atomic E-state index is 12.6. The molecular weight excluding hydrogens is 605 g/mol. The molecule has 0 spiro atoms. The van der Waals surface area contributed by atoms with Crippen LogP contribution in [-0.4, -0.2) is 42.0 Å². The van der Waals surface area contributed by atoms with Crippen LogP contribution in [0.15, 0.2) is 54.0 Å². The van der Waals surface area contributed by atoms with Crippen molar-refractivity contribution in [2.24, 2.45) is 0 Å². The van der Waals surface area contributed by atoms with Crippen molar-refractivity contribution in [3.8, 4) is 17.2 Å². The Hall–Kier alpha value is -2.04. The molecule has 1 heterocycles. The monoisotopic (exact) mass is 635 g/mol. The molecule has 4 rings (SSSR count). The highest BCUT2D eigenvalue weighted by molar-refractivity contribution is 14.1. The highest BCUT2D eigenvalue weighted by Crippen LogP contribution is 2.37. The number of methoxy groups -OCH3 is 1. The van der Waals surface area contributed by atoms with Gasteiger partial charge >= 0.3 is 0 Å². The lowest BCUT2D eigenvalue weighted by Crippen LogP contribution is -2.27. The Morgan fingerprint density at radius 2 is 1.86 bits per heavy atom. The normalized spacial score (nSPS) is 17.5. The molecule has 2 aromatic rings. The van der Waals surface area contributed by atoms with Crippen molar-refractivity contribution in [1.82, 2.24) is 4.90 Å². The lowest BCUT2D eigenvalue weighted by atomic mass is 9.84. The van der Waals surface area contributed by atoms with Gasteiger partial charge in [-0.15, -0.1) is 6.58 Å². The molecule has 1 saturated heterocycles. The van der Waals surface area contributed by atoms with Crippen LogP contribution in [0, 0.1) is 3.57 Å². The van der Waals surface area contributed by atoms with Gasteiger partial charge in [0.15, 0.2) is 11.5 Å². The minimum Gasteiger partial charge on any atom is -0.493 e. The third-order valence-corrected chi connectivity index (χ3v) is 8.47. The lowest BCUT2D eigenvalue weighted by molar-refractivity contribution is -0.121. The van der Waals surface area contributed by atoms with E-state index in [2.05, 4.69) is 53.4 Å². The van der Waals surface area contributed by atoms with Gasteiger partial charge in [-0.25, -0.2) is 0 Å². The van der Waals surface area contributed by atoms with Crippen LogP contribution in [0.4, 0.5) is 0 Å². The van der Waals surface area contributed by atoms with Gasteiger partial charge in [0.05, 0.1) is 15.6 Å².